The van der Waals surface area contributed by atoms with Crippen LogP contribution in [0.3, 0.4) is 0 Å². The highest BCUT2D eigenvalue weighted by Crippen LogP contribution is 2.30. The molecule has 4 heterocycles. The van der Waals surface area contributed by atoms with Crippen molar-refractivity contribution in [2.24, 2.45) is 0 Å². The van der Waals surface area contributed by atoms with Crippen molar-refractivity contribution in [2.45, 2.75) is 37.1 Å². The number of carbonyl (C=O) groups is 3. The summed E-state index contributed by atoms with van der Waals surface area (Å²) < 4.78 is 23.1. The molecule has 0 aliphatic carbocycles. The first-order valence-electron chi connectivity index (χ1n) is 13.1. The van der Waals surface area contributed by atoms with Crippen molar-refractivity contribution in [3.05, 3.63) is 53.6 Å². The first-order chi connectivity index (χ1) is 18.9. The summed E-state index contributed by atoms with van der Waals surface area (Å²) in [4.78, 5) is 41.1. The number of nitrogens with zero attached hydrogens (tertiary/aromatic N) is 1. The van der Waals surface area contributed by atoms with E-state index in [-0.39, 0.29) is 49.0 Å². The molecule has 3 N–H and O–H groups in total. The predicted molar refractivity (Wildman–Crippen MR) is 148 cm³/mol. The van der Waals surface area contributed by atoms with Gasteiger partial charge in [-0.1, -0.05) is 12.1 Å². The van der Waals surface area contributed by atoms with Gasteiger partial charge in [-0.2, -0.15) is 0 Å². The molecule has 4 bridgehead atoms. The van der Waals surface area contributed by atoms with Gasteiger partial charge in [-0.3, -0.25) is 14.4 Å². The van der Waals surface area contributed by atoms with Gasteiger partial charge in [0.15, 0.2) is 18.1 Å². The maximum absolute atomic E-state index is 13.7. The van der Waals surface area contributed by atoms with Gasteiger partial charge in [-0.25, -0.2) is 0 Å². The fourth-order valence-electron chi connectivity index (χ4n) is 5.26. The molecule has 4 aliphatic heterocycles. The molecule has 0 saturated carbocycles. The molecule has 0 aromatic heterocycles. The quantitative estimate of drug-likeness (QED) is 0.500. The lowest BCUT2D eigenvalue weighted by Crippen LogP contribution is -2.55. The molecule has 0 spiro atoms. The van der Waals surface area contributed by atoms with Crippen LogP contribution in [-0.2, 0) is 20.9 Å². The molecule has 2 atom stereocenters. The summed E-state index contributed by atoms with van der Waals surface area (Å²) in [6.45, 7) is 2.06. The Morgan fingerprint density at radius 2 is 1.80 bits per heavy atom. The smallest absolute Gasteiger partial charge is 0.258 e. The third-order valence-corrected chi connectivity index (χ3v) is 7.55. The van der Waals surface area contributed by atoms with Gasteiger partial charge in [-0.05, 0) is 61.8 Å². The fourth-order valence-corrected chi connectivity index (χ4v) is 5.26. The largest absolute Gasteiger partial charge is 0.493 e. The van der Waals surface area contributed by atoms with E-state index in [2.05, 4.69) is 16.0 Å². The maximum Gasteiger partial charge on any atom is 0.258 e. The van der Waals surface area contributed by atoms with E-state index in [9.17, 15) is 14.4 Å². The van der Waals surface area contributed by atoms with Crippen molar-refractivity contribution in [3.8, 4) is 17.2 Å². The summed E-state index contributed by atoms with van der Waals surface area (Å²) in [5.74, 6) is 0.522. The van der Waals surface area contributed by atoms with E-state index in [0.717, 1.165) is 5.56 Å². The minimum absolute atomic E-state index is 0. The standard InChI is InChI=1S/C28H34N4O7.ClH/c1-36-22-8-5-19-13-23(22)38-17-25(33)30-14-18-3-6-20(7-4-18)39-24-16-32(15-21(24)31-26(19)34)27(35)28(37-2)9-11-29-12-10-28;/h3-8,13,21,24,29H,9-12,14-17H2,1-2H3,(H,30,33)(H,31,34);1H/t21-,24-;/m0./s1. The average molecular weight is 575 g/mol. The molecule has 4 aliphatic rings. The summed E-state index contributed by atoms with van der Waals surface area (Å²) in [5, 5.41) is 9.15. The number of likely N-dealkylation sites (tertiary alicyclic amines) is 1. The Kier molecular flexibility index (Phi) is 9.39. The number of halogens is 1. The van der Waals surface area contributed by atoms with Gasteiger partial charge in [0, 0.05) is 25.8 Å². The van der Waals surface area contributed by atoms with Crippen molar-refractivity contribution in [1.82, 2.24) is 20.9 Å². The molecule has 2 saturated heterocycles. The Morgan fingerprint density at radius 3 is 2.50 bits per heavy atom. The van der Waals surface area contributed by atoms with Crippen LogP contribution in [0.15, 0.2) is 42.5 Å². The number of piperidine rings is 1. The highest BCUT2D eigenvalue weighted by Gasteiger charge is 2.47. The van der Waals surface area contributed by atoms with Gasteiger partial charge in [0.05, 0.1) is 19.7 Å². The summed E-state index contributed by atoms with van der Waals surface area (Å²) >= 11 is 0. The van der Waals surface area contributed by atoms with Crippen LogP contribution in [-0.4, -0.2) is 87.4 Å². The summed E-state index contributed by atoms with van der Waals surface area (Å²) in [7, 11) is 3.07. The summed E-state index contributed by atoms with van der Waals surface area (Å²) in [6, 6.07) is 11.7. The number of fused-ring (bicyclic) bond motifs is 7. The minimum Gasteiger partial charge on any atom is -0.493 e. The van der Waals surface area contributed by atoms with Gasteiger partial charge in [0.1, 0.15) is 17.5 Å². The summed E-state index contributed by atoms with van der Waals surface area (Å²) in [5.41, 5.74) is 0.326. The fraction of sp³-hybridized carbons (Fsp3) is 0.464. The highest BCUT2D eigenvalue weighted by molar-refractivity contribution is 5.95. The monoisotopic (exact) mass is 574 g/mol. The number of rotatable bonds is 3. The first-order valence-corrected chi connectivity index (χ1v) is 13.1. The number of amides is 3. The Balaban J connectivity index is 0.00000370. The van der Waals surface area contributed by atoms with E-state index in [1.807, 2.05) is 24.3 Å². The van der Waals surface area contributed by atoms with Crippen molar-refractivity contribution in [3.63, 3.8) is 0 Å². The Morgan fingerprint density at radius 1 is 1.05 bits per heavy atom. The highest BCUT2D eigenvalue weighted by atomic mass is 35.5. The topological polar surface area (TPSA) is 127 Å². The number of methoxy groups -OCH3 is 2. The summed E-state index contributed by atoms with van der Waals surface area (Å²) in [6.07, 6.45) is 0.672. The van der Waals surface area contributed by atoms with Crippen LogP contribution < -0.4 is 30.2 Å². The molecule has 0 radical (unpaired) electrons. The lowest BCUT2D eigenvalue weighted by molar-refractivity contribution is -0.157. The molecule has 40 heavy (non-hydrogen) atoms. The van der Waals surface area contributed by atoms with E-state index in [1.165, 1.54) is 7.11 Å². The van der Waals surface area contributed by atoms with Crippen LogP contribution in [0.1, 0.15) is 28.8 Å². The van der Waals surface area contributed by atoms with Gasteiger partial charge in [-0.15, -0.1) is 12.4 Å². The average Bonchev–Trinajstić information content (AvgIpc) is 3.36. The predicted octanol–water partition coefficient (Wildman–Crippen LogP) is 1.28. The maximum atomic E-state index is 13.7. The van der Waals surface area contributed by atoms with Crippen LogP contribution in [0.25, 0.3) is 0 Å². The van der Waals surface area contributed by atoms with E-state index in [1.54, 1.807) is 30.2 Å². The van der Waals surface area contributed by atoms with E-state index in [4.69, 9.17) is 18.9 Å². The third kappa shape index (κ3) is 6.27. The SMILES string of the molecule is COc1ccc2cc1OCC(=O)NCc1ccc(cc1)O[C@H]1CN(C(=O)C3(OC)CCNCC3)C[C@@H]1NC2=O.Cl. The zero-order valence-electron chi connectivity index (χ0n) is 22.6. The van der Waals surface area contributed by atoms with Crippen molar-refractivity contribution >= 4 is 30.1 Å². The van der Waals surface area contributed by atoms with Crippen molar-refractivity contribution < 1.29 is 33.3 Å². The number of carbonyl (C=O) groups excluding carboxylic acids is 3. The Hall–Kier alpha value is -3.54. The van der Waals surface area contributed by atoms with Gasteiger partial charge in [0.25, 0.3) is 17.7 Å². The van der Waals surface area contributed by atoms with Crippen LogP contribution in [0.5, 0.6) is 17.2 Å². The lowest BCUT2D eigenvalue weighted by Gasteiger charge is -2.37. The Bertz CT molecular complexity index is 1220. The molecule has 216 valence electrons. The number of hydrogen-bond acceptors (Lipinski definition) is 8. The van der Waals surface area contributed by atoms with Crippen molar-refractivity contribution in [1.29, 1.82) is 0 Å². The lowest BCUT2D eigenvalue weighted by atomic mass is 9.90. The van der Waals surface area contributed by atoms with E-state index >= 15 is 0 Å². The molecular weight excluding hydrogens is 540 g/mol. The molecular formula is C28H35ClN4O7. The zero-order chi connectivity index (χ0) is 27.4. The van der Waals surface area contributed by atoms with Crippen LogP contribution in [0.4, 0.5) is 0 Å². The molecule has 12 heteroatoms. The van der Waals surface area contributed by atoms with Gasteiger partial charge >= 0.3 is 0 Å². The molecule has 2 aromatic carbocycles. The first kappa shape index (κ1) is 29.4. The number of nitrogens with one attached hydrogen (secondary N) is 3. The number of benzene rings is 2. The van der Waals surface area contributed by atoms with Crippen LogP contribution >= 0.6 is 12.4 Å². The Labute approximate surface area is 239 Å². The van der Waals surface area contributed by atoms with E-state index in [0.29, 0.717) is 56.1 Å². The number of hydrogen-bond donors (Lipinski definition) is 3. The second kappa shape index (κ2) is 12.8. The molecule has 2 fully saturated rings. The zero-order valence-corrected chi connectivity index (χ0v) is 23.4. The second-order valence-corrected chi connectivity index (χ2v) is 9.97. The molecule has 11 nitrogen and oxygen atoms in total. The van der Waals surface area contributed by atoms with Crippen LogP contribution in [0.2, 0.25) is 0 Å². The molecule has 2 aromatic rings. The number of ether oxygens (including phenoxy) is 4. The molecule has 3 amide bonds. The normalized spacial score (nSPS) is 22.4. The third-order valence-electron chi connectivity index (χ3n) is 7.55. The molecule has 0 unspecified atom stereocenters. The van der Waals surface area contributed by atoms with Crippen molar-refractivity contribution in [2.75, 3.05) is 47.0 Å². The second-order valence-electron chi connectivity index (χ2n) is 9.97. The van der Waals surface area contributed by atoms with Crippen LogP contribution in [0, 0.1) is 0 Å². The van der Waals surface area contributed by atoms with Gasteiger partial charge in [0.2, 0.25) is 0 Å². The van der Waals surface area contributed by atoms with Gasteiger partial charge < -0.3 is 39.8 Å². The minimum atomic E-state index is -0.892. The molecule has 6 rings (SSSR count). The van der Waals surface area contributed by atoms with E-state index < -0.39 is 17.7 Å².